The van der Waals surface area contributed by atoms with Gasteiger partial charge < -0.3 is 0 Å². The predicted molar refractivity (Wildman–Crippen MR) is 637 cm³/mol. The van der Waals surface area contributed by atoms with Gasteiger partial charge >= 0.3 is 611 Å². The molecule has 0 saturated carbocycles. The average Bonchev–Trinajstić information content (AvgIpc) is 3.04. The van der Waals surface area contributed by atoms with Gasteiger partial charge in [0.05, 0.1) is 0 Å². The van der Waals surface area contributed by atoms with Crippen molar-refractivity contribution in [3.05, 3.63) is 0 Å². The molecule has 0 rings (SSSR count). The Kier molecular flexibility index (Phi) is 80.8. The summed E-state index contributed by atoms with van der Waals surface area (Å²) < 4.78 is 0. The van der Waals surface area contributed by atoms with Crippen LogP contribution >= 0.6 is 606 Å². The van der Waals surface area contributed by atoms with Crippen LogP contribution in [0.15, 0.2) is 0 Å². The van der Waals surface area contributed by atoms with Crippen molar-refractivity contribution in [3.8, 4) is 0 Å². The second kappa shape index (κ2) is 47.1. The Bertz CT molecular complexity index is 735. The normalized spacial score (nSPS) is 18.8. The van der Waals surface area contributed by atoms with E-state index >= 15 is 0 Å². The van der Waals surface area contributed by atoms with Crippen LogP contribution in [0.5, 0.6) is 0 Å². The van der Waals surface area contributed by atoms with Crippen molar-refractivity contribution in [1.82, 2.24) is 0 Å². The van der Waals surface area contributed by atoms with Gasteiger partial charge in [-0.15, -0.1) is 0 Å². The molecule has 0 fully saturated rings. The fraction of sp³-hybridized carbons (Fsp3) is 0. The van der Waals surface area contributed by atoms with Crippen molar-refractivity contribution >= 4 is 611 Å². The Morgan fingerprint density at radius 1 is 0.174 bits per heavy atom. The van der Waals surface area contributed by atoms with Crippen molar-refractivity contribution in [3.63, 3.8) is 0 Å². The standard InChI is InChI=1S/BI45/c1-25(2)27(5)29(7)31(9)33(11)35(13)37(15)39(17)41(19)43(21)45(23)46(24)44(22)42(20)40(18)38(16)36(14)34(12)32(10)30(8)28(6)26(3)4. The van der Waals surface area contributed by atoms with Crippen LogP contribution in [0.2, 0.25) is 0 Å². The topological polar surface area (TPSA) is 0 Å². The first kappa shape index (κ1) is 78.9. The van der Waals surface area contributed by atoms with E-state index in [1.54, 1.807) is 0 Å². The number of hydrogen-bond acceptors (Lipinski definition) is 0. The van der Waals surface area contributed by atoms with Crippen LogP contribution in [0.1, 0.15) is 0 Å². The molecular formula is BI45. The second-order valence-corrected chi connectivity index (χ2v) is 1050. The van der Waals surface area contributed by atoms with Crippen LogP contribution < -0.4 is 0 Å². The molecule has 0 aliphatic carbocycles. The molecule has 0 atom stereocenters. The zero-order chi connectivity index (χ0) is 36.7. The van der Waals surface area contributed by atoms with Crippen molar-refractivity contribution in [1.29, 1.82) is 0 Å². The monoisotopic (exact) mass is 5720 g/mol. The molecular weight excluding hydrogens is 5720 g/mol. The van der Waals surface area contributed by atoms with Crippen molar-refractivity contribution in [2.24, 2.45) is 0 Å². The van der Waals surface area contributed by atoms with Crippen molar-refractivity contribution in [2.45, 2.75) is 0 Å². The third kappa shape index (κ3) is 32.4. The zero-order valence-electron chi connectivity index (χ0n) is 17.6. The Hall–Kier alpha value is 32.9. The third-order valence-electron chi connectivity index (χ3n) is 1.74. The van der Waals surface area contributed by atoms with E-state index in [1.165, 1.54) is 0 Å². The fourth-order valence-corrected chi connectivity index (χ4v) is 8220. The van der Waals surface area contributed by atoms with Crippen LogP contribution in [0.3, 0.4) is 0 Å². The van der Waals surface area contributed by atoms with Crippen LogP contribution in [-0.2, 0) is 0 Å². The summed E-state index contributed by atoms with van der Waals surface area (Å²) in [6.07, 6.45) is 0. The Morgan fingerprint density at radius 2 is 0.283 bits per heavy atom. The molecule has 46 heavy (non-hydrogen) atoms. The maximum absolute atomic E-state index is 6.65. The van der Waals surface area contributed by atoms with E-state index in [2.05, 4.69) is 428 Å². The Labute approximate surface area is 575 Å². The molecule has 318 valence electrons. The van der Waals surface area contributed by atoms with Gasteiger partial charge in [-0.1, -0.05) is 0 Å². The molecule has 0 amide bonds. The quantitative estimate of drug-likeness (QED) is 0.0794. The summed E-state index contributed by atoms with van der Waals surface area (Å²) in [4.78, 5) is 0. The molecule has 0 bridgehead atoms. The molecule has 0 spiro atoms. The molecule has 0 aliphatic rings. The van der Waals surface area contributed by atoms with Gasteiger partial charge in [-0.25, -0.2) is 0 Å². The van der Waals surface area contributed by atoms with E-state index < -0.39 is 177 Å². The van der Waals surface area contributed by atoms with Crippen LogP contribution in [0, 0.1) is 0 Å². The molecule has 2 radical (unpaired) electrons. The minimum absolute atomic E-state index is 0.463. The maximum atomic E-state index is 6.65. The molecule has 0 unspecified atom stereocenters. The molecule has 0 N–H and O–H groups in total. The summed E-state index contributed by atoms with van der Waals surface area (Å²) in [7, 11) is -11.7. The molecule has 46 heteroatoms. The van der Waals surface area contributed by atoms with Gasteiger partial charge in [0.15, 0.2) is 0 Å². The second-order valence-electron chi connectivity index (χ2n) is 3.62. The van der Waals surface area contributed by atoms with Gasteiger partial charge in [-0.2, -0.15) is 0 Å². The summed E-state index contributed by atoms with van der Waals surface area (Å²) in [5.41, 5.74) is 6.65. The van der Waals surface area contributed by atoms with E-state index in [-0.39, 0.29) is 0 Å². The first-order valence-corrected chi connectivity index (χ1v) is 284. The van der Waals surface area contributed by atoms with Gasteiger partial charge in [0, 0.05) is 0 Å². The zero-order valence-corrected chi connectivity index (χ0v) is 115. The summed E-state index contributed by atoms with van der Waals surface area (Å²) in [6.45, 7) is 0. The van der Waals surface area contributed by atoms with Gasteiger partial charge in [0.25, 0.3) is 0 Å². The summed E-state index contributed by atoms with van der Waals surface area (Å²) in [6, 6.07) is 0. The summed E-state index contributed by atoms with van der Waals surface area (Å²) >= 11 is 73.3. The predicted octanol–water partition coefficient (Wildman–Crippen LogP) is 39.5. The first-order chi connectivity index (χ1) is 20.9. The minimum atomic E-state index is -0.971. The summed E-state index contributed by atoms with van der Waals surface area (Å²) in [5.74, 6) is 0. The van der Waals surface area contributed by atoms with Crippen molar-refractivity contribution in [2.75, 3.05) is 0 Å². The first-order valence-electron chi connectivity index (χ1n) is 6.50. The van der Waals surface area contributed by atoms with Gasteiger partial charge in [0.1, 0.15) is 0 Å². The summed E-state index contributed by atoms with van der Waals surface area (Å²) in [5, 5.41) is 0. The third-order valence-corrected chi connectivity index (χ3v) is 3410. The van der Waals surface area contributed by atoms with E-state index in [1.807, 2.05) is 0 Å². The molecule has 0 aromatic heterocycles. The van der Waals surface area contributed by atoms with Gasteiger partial charge in [0.2, 0.25) is 0 Å². The van der Waals surface area contributed by atoms with E-state index in [9.17, 15) is 0 Å². The van der Waals surface area contributed by atoms with E-state index in [0.29, 0.717) is 0 Å². The number of halogens is 45. The van der Waals surface area contributed by atoms with Crippen molar-refractivity contribution < 1.29 is 0 Å². The molecule has 0 heterocycles. The van der Waals surface area contributed by atoms with Crippen LogP contribution in [0.4, 0.5) is 0 Å². The van der Waals surface area contributed by atoms with Gasteiger partial charge in [-0.3, -0.25) is 0 Å². The molecule has 0 aromatic rings. The molecule has 0 aliphatic heterocycles. The van der Waals surface area contributed by atoms with Crippen LogP contribution in [0.25, 0.3) is 0 Å². The SMILES string of the molecule is [B]I(I)I(I)I(I)I(I)I(I)I(I)I(I)I(I)I(I)I(I)I(I)I(I)I(I)I(I)I(I)I(I)I(I)I(I)I(I)I(I)I(I)I(I)I. The fourth-order valence-electron chi connectivity index (χ4n) is 0.625. The number of rotatable bonds is 21. The molecule has 0 aromatic carbocycles. The molecule has 0 saturated heterocycles. The van der Waals surface area contributed by atoms with E-state index in [4.69, 9.17) is 5.70 Å². The number of hydrogen-bond donors (Lipinski definition) is 0. The average molecular weight is 5720 g/mol. The van der Waals surface area contributed by atoms with Gasteiger partial charge in [-0.05, 0) is 0 Å². The van der Waals surface area contributed by atoms with E-state index in [0.717, 1.165) is 0 Å². The Balaban J connectivity index is 5.51. The van der Waals surface area contributed by atoms with Crippen LogP contribution in [-0.4, -0.2) is 5.70 Å². The Morgan fingerprint density at radius 3 is 0.391 bits per heavy atom. The molecule has 0 nitrogen and oxygen atoms in total.